The first-order valence-corrected chi connectivity index (χ1v) is 12.8. The van der Waals surface area contributed by atoms with Crippen molar-refractivity contribution >= 4 is 40.7 Å². The molecule has 14 nitrogen and oxygen atoms in total. The monoisotopic (exact) mass is 495 g/mol. The van der Waals surface area contributed by atoms with Gasteiger partial charge in [0.25, 0.3) is 0 Å². The largest absolute Gasteiger partial charge is 0.488 e. The van der Waals surface area contributed by atoms with E-state index in [4.69, 9.17) is 31.9 Å². The fourth-order valence-corrected chi connectivity index (χ4v) is 6.03. The molecule has 1 saturated heterocycles. The molecule has 18 heteroatoms. The van der Waals surface area contributed by atoms with Gasteiger partial charge in [-0.25, -0.2) is 18.2 Å². The van der Waals surface area contributed by atoms with Crippen LogP contribution in [0.15, 0.2) is 29.0 Å². The Hall–Kier alpha value is -0.880. The third-order valence-corrected chi connectivity index (χ3v) is 7.99. The molecule has 0 radical (unpaired) electrons. The Morgan fingerprint density at radius 2 is 2.00 bits per heavy atom. The lowest BCUT2D eigenvalue weighted by Crippen LogP contribution is -2.31. The zero-order chi connectivity index (χ0) is 22.1. The van der Waals surface area contributed by atoms with Crippen LogP contribution in [0.5, 0.6) is 0 Å². The van der Waals surface area contributed by atoms with Crippen molar-refractivity contribution in [1.82, 2.24) is 9.55 Å². The van der Waals surface area contributed by atoms with Crippen LogP contribution < -0.4 is 11.4 Å². The Bertz CT molecular complexity index is 994. The normalized spacial score (nSPS) is 27.0. The van der Waals surface area contributed by atoms with Crippen molar-refractivity contribution in [1.29, 1.82) is 0 Å². The fourth-order valence-electron chi connectivity index (χ4n) is 2.42. The standard InChI is InChI=1S/C11H17ClN3O11P3/c12-7-11(3-1-9(24-11)15-5-2-8(13)14-10(15)16)4-6-27(17,18)25-29(22,23)26-28(19,20)21/h2,4-6,9H,1,3,7H2,(H,17,18)(H,22,23)(H2,13,14,16)(H2,19,20,21)/b6-4+/t9-,11+/m1/s1. The Balaban J connectivity index is 2.17. The van der Waals surface area contributed by atoms with Crippen LogP contribution in [-0.4, -0.2) is 40.6 Å². The van der Waals surface area contributed by atoms with E-state index < -0.39 is 40.8 Å². The number of phosphoric acid groups is 2. The third kappa shape index (κ3) is 7.09. The number of rotatable bonds is 8. The molecule has 164 valence electrons. The number of halogens is 1. The molecule has 0 amide bonds. The van der Waals surface area contributed by atoms with Gasteiger partial charge in [0.2, 0.25) is 0 Å². The molecule has 0 aromatic carbocycles. The molecule has 1 aliphatic rings. The van der Waals surface area contributed by atoms with E-state index in [1.807, 2.05) is 0 Å². The second-order valence-corrected chi connectivity index (χ2v) is 10.8. The molecule has 0 saturated carbocycles. The number of anilines is 1. The van der Waals surface area contributed by atoms with E-state index in [-0.39, 0.29) is 24.5 Å². The first-order chi connectivity index (χ1) is 13.2. The zero-order valence-electron chi connectivity index (χ0n) is 14.3. The van der Waals surface area contributed by atoms with Gasteiger partial charge in [-0.05, 0) is 25.0 Å². The summed E-state index contributed by atoms with van der Waals surface area (Å²) in [7, 11) is -16.0. The molecule has 2 heterocycles. The van der Waals surface area contributed by atoms with Crippen LogP contribution in [0.4, 0.5) is 5.82 Å². The molecule has 1 aliphatic heterocycles. The van der Waals surface area contributed by atoms with Crippen molar-refractivity contribution in [3.05, 3.63) is 34.6 Å². The molecule has 29 heavy (non-hydrogen) atoms. The van der Waals surface area contributed by atoms with Crippen molar-refractivity contribution < 1.29 is 46.6 Å². The molecule has 1 aromatic rings. The summed E-state index contributed by atoms with van der Waals surface area (Å²) in [4.78, 5) is 51.4. The van der Waals surface area contributed by atoms with Crippen LogP contribution in [0, 0.1) is 0 Å². The summed E-state index contributed by atoms with van der Waals surface area (Å²) in [5, 5.41) is 0. The summed E-state index contributed by atoms with van der Waals surface area (Å²) in [5.74, 6) is 0.248. The summed E-state index contributed by atoms with van der Waals surface area (Å²) in [6, 6.07) is 1.37. The predicted molar refractivity (Wildman–Crippen MR) is 98.7 cm³/mol. The van der Waals surface area contributed by atoms with Gasteiger partial charge < -0.3 is 30.0 Å². The number of hydrogen-bond acceptors (Lipinski definition) is 9. The van der Waals surface area contributed by atoms with E-state index in [2.05, 4.69) is 13.6 Å². The summed E-state index contributed by atoms with van der Waals surface area (Å²) in [5.41, 5.74) is 3.38. The summed E-state index contributed by atoms with van der Waals surface area (Å²) in [6.45, 7) is 0. The molecular weight excluding hydrogens is 479 g/mol. The van der Waals surface area contributed by atoms with Crippen LogP contribution in [0.1, 0.15) is 19.1 Å². The van der Waals surface area contributed by atoms with Crippen molar-refractivity contribution in [2.75, 3.05) is 11.6 Å². The van der Waals surface area contributed by atoms with Gasteiger partial charge in [0.1, 0.15) is 17.6 Å². The van der Waals surface area contributed by atoms with E-state index >= 15 is 0 Å². The van der Waals surface area contributed by atoms with Crippen LogP contribution >= 0.6 is 34.8 Å². The number of nitrogen functional groups attached to an aromatic ring is 1. The SMILES string of the molecule is Nc1ccn([C@H]2CC[C@](/C=C/P(=O)(O)OP(=O)(O)OP(=O)(O)O)(CCl)O2)c(=O)n1. The molecule has 6 N–H and O–H groups in total. The number of nitrogens with zero attached hydrogens (tertiary/aromatic N) is 2. The first kappa shape index (κ1) is 24.4. The van der Waals surface area contributed by atoms with Gasteiger partial charge in [0, 0.05) is 12.0 Å². The van der Waals surface area contributed by atoms with E-state index in [0.29, 0.717) is 5.82 Å². The second kappa shape index (κ2) is 8.70. The number of ether oxygens (including phenoxy) is 1. The van der Waals surface area contributed by atoms with Crippen molar-refractivity contribution in [3.8, 4) is 0 Å². The Morgan fingerprint density at radius 1 is 1.34 bits per heavy atom. The minimum absolute atomic E-state index is 0.0112. The van der Waals surface area contributed by atoms with Crippen molar-refractivity contribution in [2.45, 2.75) is 24.7 Å². The highest BCUT2D eigenvalue weighted by Crippen LogP contribution is 2.66. The minimum Gasteiger partial charge on any atom is -0.383 e. The molecular formula is C11H17ClN3O11P3. The maximum atomic E-state index is 12.0. The second-order valence-electron chi connectivity index (χ2n) is 5.85. The summed E-state index contributed by atoms with van der Waals surface area (Å²) >= 11 is 5.89. The van der Waals surface area contributed by atoms with Crippen molar-refractivity contribution in [3.63, 3.8) is 0 Å². The van der Waals surface area contributed by atoms with Gasteiger partial charge >= 0.3 is 28.9 Å². The molecule has 0 aliphatic carbocycles. The lowest BCUT2D eigenvalue weighted by atomic mass is 10.0. The summed E-state index contributed by atoms with van der Waals surface area (Å²) < 4.78 is 48.3. The number of aromatic nitrogens is 2. The average Bonchev–Trinajstić information content (AvgIpc) is 2.94. The first-order valence-electron chi connectivity index (χ1n) is 7.58. The molecule has 2 rings (SSSR count). The lowest BCUT2D eigenvalue weighted by molar-refractivity contribution is -0.0328. The maximum absolute atomic E-state index is 12.0. The van der Waals surface area contributed by atoms with Crippen molar-refractivity contribution in [2.24, 2.45) is 0 Å². The Kier molecular flexibility index (Phi) is 7.32. The Labute approximate surface area is 168 Å². The molecule has 2 unspecified atom stereocenters. The third-order valence-electron chi connectivity index (χ3n) is 3.57. The quantitative estimate of drug-likeness (QED) is 0.251. The van der Waals surface area contributed by atoms with Gasteiger partial charge in [-0.2, -0.15) is 9.29 Å². The number of nitrogens with two attached hydrogens (primary N) is 1. The summed E-state index contributed by atoms with van der Waals surface area (Å²) in [6.07, 6.45) is 1.97. The number of alkyl halides is 1. The highest BCUT2D eigenvalue weighted by Gasteiger charge is 2.42. The van der Waals surface area contributed by atoms with Crippen LogP contribution in [0.25, 0.3) is 0 Å². The topological polar surface area (TPSA) is 221 Å². The van der Waals surface area contributed by atoms with Crippen LogP contribution in [0.2, 0.25) is 0 Å². The van der Waals surface area contributed by atoms with Gasteiger partial charge in [0.05, 0.1) is 5.88 Å². The molecule has 0 bridgehead atoms. The van der Waals surface area contributed by atoms with Gasteiger partial charge in [-0.15, -0.1) is 11.6 Å². The highest BCUT2D eigenvalue weighted by molar-refractivity contribution is 7.69. The van der Waals surface area contributed by atoms with Gasteiger partial charge in [-0.3, -0.25) is 9.13 Å². The lowest BCUT2D eigenvalue weighted by Gasteiger charge is -2.24. The minimum atomic E-state index is -5.57. The van der Waals surface area contributed by atoms with E-state index in [1.165, 1.54) is 12.3 Å². The molecule has 1 aromatic heterocycles. The zero-order valence-corrected chi connectivity index (χ0v) is 17.8. The highest BCUT2D eigenvalue weighted by atomic mass is 35.5. The van der Waals surface area contributed by atoms with E-state index in [1.54, 1.807) is 0 Å². The Morgan fingerprint density at radius 3 is 2.55 bits per heavy atom. The van der Waals surface area contributed by atoms with Crippen LogP contribution in [-0.2, 0) is 27.1 Å². The van der Waals surface area contributed by atoms with Gasteiger partial charge in [0.15, 0.2) is 0 Å². The molecule has 4 atom stereocenters. The molecule has 0 spiro atoms. The van der Waals surface area contributed by atoms with Gasteiger partial charge in [-0.1, -0.05) is 0 Å². The smallest absolute Gasteiger partial charge is 0.383 e. The maximum Gasteiger partial charge on any atom is 0.488 e. The predicted octanol–water partition coefficient (Wildman–Crippen LogP) is 1.04. The molecule has 1 fully saturated rings. The van der Waals surface area contributed by atoms with E-state index in [0.717, 1.165) is 10.6 Å². The van der Waals surface area contributed by atoms with Crippen LogP contribution in [0.3, 0.4) is 0 Å². The van der Waals surface area contributed by atoms with E-state index in [9.17, 15) is 28.3 Å². The fraction of sp³-hybridized carbons (Fsp3) is 0.455. The average molecular weight is 496 g/mol. The number of hydrogen-bond donors (Lipinski definition) is 5.